The van der Waals surface area contributed by atoms with Crippen molar-refractivity contribution in [1.29, 1.82) is 0 Å². The highest BCUT2D eigenvalue weighted by atomic mass is 16.5. The number of ether oxygens (including phenoxy) is 1. The zero-order chi connectivity index (χ0) is 24.3. The lowest BCUT2D eigenvalue weighted by atomic mass is 9.98. The lowest BCUT2D eigenvalue weighted by molar-refractivity contribution is -0.143. The first-order valence-electron chi connectivity index (χ1n) is 11.6. The molecule has 2 aromatic rings. The predicted octanol–water partition coefficient (Wildman–Crippen LogP) is 2.83. The van der Waals surface area contributed by atoms with Crippen LogP contribution in [-0.2, 0) is 14.3 Å². The fourth-order valence-corrected chi connectivity index (χ4v) is 4.48. The number of carboxylic acid groups (broad SMARTS) is 1. The van der Waals surface area contributed by atoms with Crippen LogP contribution in [0.2, 0.25) is 0 Å². The summed E-state index contributed by atoms with van der Waals surface area (Å²) < 4.78 is 5.55. The van der Waals surface area contributed by atoms with Gasteiger partial charge in [0, 0.05) is 19.0 Å². The molecule has 0 saturated heterocycles. The Hall–Kier alpha value is -3.39. The van der Waals surface area contributed by atoms with Crippen molar-refractivity contribution in [2.24, 2.45) is 5.41 Å². The Labute approximate surface area is 199 Å². The molecule has 1 fully saturated rings. The fraction of sp³-hybridized carbons (Fsp3) is 0.423. The Balaban J connectivity index is 1.30. The van der Waals surface area contributed by atoms with Crippen LogP contribution < -0.4 is 10.6 Å². The smallest absolute Gasteiger partial charge is 0.407 e. The molecule has 2 amide bonds. The molecule has 1 unspecified atom stereocenters. The predicted molar refractivity (Wildman–Crippen MR) is 127 cm³/mol. The van der Waals surface area contributed by atoms with Gasteiger partial charge < -0.3 is 25.4 Å². The zero-order valence-corrected chi connectivity index (χ0v) is 19.5. The van der Waals surface area contributed by atoms with Crippen molar-refractivity contribution in [1.82, 2.24) is 15.5 Å². The quantitative estimate of drug-likeness (QED) is 0.498. The maximum atomic E-state index is 12.8. The number of fused-ring (bicyclic) bond motifs is 3. The second-order valence-electron chi connectivity index (χ2n) is 9.42. The summed E-state index contributed by atoms with van der Waals surface area (Å²) in [7, 11) is 3.70. The Morgan fingerprint density at radius 1 is 1.06 bits per heavy atom. The maximum absolute atomic E-state index is 12.8. The molecule has 0 spiro atoms. The molecule has 2 aliphatic rings. The average Bonchev–Trinajstić information content (AvgIpc) is 3.55. The van der Waals surface area contributed by atoms with Gasteiger partial charge in [-0.05, 0) is 55.6 Å². The highest BCUT2D eigenvalue weighted by Gasteiger charge is 2.50. The summed E-state index contributed by atoms with van der Waals surface area (Å²) in [6.07, 6.45) is 0.929. The molecule has 0 heterocycles. The van der Waals surface area contributed by atoms with Gasteiger partial charge in [-0.2, -0.15) is 0 Å². The van der Waals surface area contributed by atoms with E-state index in [-0.39, 0.29) is 25.0 Å². The van der Waals surface area contributed by atoms with Crippen LogP contribution in [0.3, 0.4) is 0 Å². The number of hydrogen-bond acceptors (Lipinski definition) is 5. The summed E-state index contributed by atoms with van der Waals surface area (Å²) in [5, 5.41) is 14.8. The van der Waals surface area contributed by atoms with Crippen LogP contribution in [0.25, 0.3) is 11.1 Å². The van der Waals surface area contributed by atoms with Crippen LogP contribution >= 0.6 is 0 Å². The van der Waals surface area contributed by atoms with Crippen molar-refractivity contribution in [2.75, 3.05) is 33.8 Å². The van der Waals surface area contributed by atoms with Crippen molar-refractivity contribution in [3.05, 3.63) is 59.7 Å². The molecular weight excluding hydrogens is 434 g/mol. The summed E-state index contributed by atoms with van der Waals surface area (Å²) in [6, 6.07) is 15.3. The number of nitrogens with one attached hydrogen (secondary N) is 2. The Morgan fingerprint density at radius 3 is 2.18 bits per heavy atom. The number of carbonyl (C=O) groups excluding carboxylic acids is 2. The molecule has 0 aromatic heterocycles. The molecule has 0 radical (unpaired) electrons. The van der Waals surface area contributed by atoms with Crippen LogP contribution in [0.1, 0.15) is 36.3 Å². The van der Waals surface area contributed by atoms with E-state index in [4.69, 9.17) is 4.74 Å². The first-order valence-corrected chi connectivity index (χ1v) is 11.6. The molecule has 4 rings (SSSR count). The van der Waals surface area contributed by atoms with Gasteiger partial charge in [0.05, 0.1) is 5.41 Å². The van der Waals surface area contributed by atoms with Gasteiger partial charge in [0.2, 0.25) is 5.91 Å². The molecule has 2 aliphatic carbocycles. The van der Waals surface area contributed by atoms with Gasteiger partial charge in [-0.15, -0.1) is 0 Å². The van der Waals surface area contributed by atoms with E-state index in [0.717, 1.165) is 22.3 Å². The number of nitrogens with zero attached hydrogens (tertiary/aromatic N) is 1. The molecule has 8 nitrogen and oxygen atoms in total. The monoisotopic (exact) mass is 465 g/mol. The van der Waals surface area contributed by atoms with Crippen LogP contribution in [0, 0.1) is 5.41 Å². The van der Waals surface area contributed by atoms with Crippen molar-refractivity contribution in [2.45, 2.75) is 31.2 Å². The Kier molecular flexibility index (Phi) is 6.88. The van der Waals surface area contributed by atoms with E-state index in [1.165, 1.54) is 0 Å². The third kappa shape index (κ3) is 5.07. The van der Waals surface area contributed by atoms with E-state index in [2.05, 4.69) is 34.9 Å². The fourth-order valence-electron chi connectivity index (χ4n) is 4.48. The topological polar surface area (TPSA) is 108 Å². The second kappa shape index (κ2) is 9.85. The van der Waals surface area contributed by atoms with Crippen molar-refractivity contribution in [3.63, 3.8) is 0 Å². The van der Waals surface area contributed by atoms with Gasteiger partial charge in [-0.1, -0.05) is 48.5 Å². The lowest BCUT2D eigenvalue weighted by Crippen LogP contribution is -2.48. The number of carboxylic acids is 1. The molecule has 3 N–H and O–H groups in total. The highest BCUT2D eigenvalue weighted by molar-refractivity contribution is 5.90. The number of benzene rings is 2. The number of carbonyl (C=O) groups is 3. The standard InChI is InChI=1S/C26H31N3O5/c1-29(2)14-11-22(23(30)31)28-24(32)26(12-13-26)16-27-25(33)34-15-21-19-9-5-3-7-17(19)18-8-4-6-10-20(18)21/h3-10,21-22H,11-16H2,1-2H3,(H,27,33)(H,28,32)(H,30,31). The van der Waals surface area contributed by atoms with E-state index < -0.39 is 23.5 Å². The summed E-state index contributed by atoms with van der Waals surface area (Å²) in [6.45, 7) is 0.864. The molecule has 34 heavy (non-hydrogen) atoms. The van der Waals surface area contributed by atoms with Crippen LogP contribution in [0.5, 0.6) is 0 Å². The Bertz CT molecular complexity index is 1030. The lowest BCUT2D eigenvalue weighted by Gasteiger charge is -2.21. The summed E-state index contributed by atoms with van der Waals surface area (Å²) >= 11 is 0. The van der Waals surface area contributed by atoms with Gasteiger partial charge in [0.25, 0.3) is 0 Å². The summed E-state index contributed by atoms with van der Waals surface area (Å²) in [5.41, 5.74) is 3.81. The maximum Gasteiger partial charge on any atom is 0.407 e. The summed E-state index contributed by atoms with van der Waals surface area (Å²) in [4.78, 5) is 38.6. The minimum atomic E-state index is -1.06. The second-order valence-corrected chi connectivity index (χ2v) is 9.42. The van der Waals surface area contributed by atoms with E-state index >= 15 is 0 Å². The normalized spacial score (nSPS) is 16.3. The number of alkyl carbamates (subject to hydrolysis) is 1. The minimum absolute atomic E-state index is 0.0376. The van der Waals surface area contributed by atoms with Crippen molar-refractivity contribution < 1.29 is 24.2 Å². The van der Waals surface area contributed by atoms with Crippen molar-refractivity contribution >= 4 is 18.0 Å². The van der Waals surface area contributed by atoms with Gasteiger partial charge in [0.1, 0.15) is 12.6 Å². The number of hydrogen-bond donors (Lipinski definition) is 3. The van der Waals surface area contributed by atoms with Crippen LogP contribution in [0.15, 0.2) is 48.5 Å². The van der Waals surface area contributed by atoms with Gasteiger partial charge in [0.15, 0.2) is 0 Å². The molecule has 2 aromatic carbocycles. The van der Waals surface area contributed by atoms with Crippen molar-refractivity contribution in [3.8, 4) is 11.1 Å². The summed E-state index contributed by atoms with van der Waals surface area (Å²) in [5.74, 6) is -1.43. The molecule has 1 atom stereocenters. The van der Waals surface area contributed by atoms with E-state index in [1.807, 2.05) is 43.3 Å². The minimum Gasteiger partial charge on any atom is -0.480 e. The number of rotatable bonds is 10. The average molecular weight is 466 g/mol. The zero-order valence-electron chi connectivity index (χ0n) is 19.5. The van der Waals surface area contributed by atoms with Gasteiger partial charge in [-0.25, -0.2) is 9.59 Å². The van der Waals surface area contributed by atoms with E-state index in [9.17, 15) is 19.5 Å². The van der Waals surface area contributed by atoms with Crippen LogP contribution in [0.4, 0.5) is 4.79 Å². The third-order valence-corrected chi connectivity index (χ3v) is 6.72. The SMILES string of the molecule is CN(C)CCC(NC(=O)C1(CNC(=O)OCC2c3ccccc3-c3ccccc32)CC1)C(=O)O. The number of aliphatic carboxylic acids is 1. The number of amides is 2. The first kappa shape index (κ1) is 23.8. The third-order valence-electron chi connectivity index (χ3n) is 6.72. The van der Waals surface area contributed by atoms with E-state index in [0.29, 0.717) is 25.8 Å². The molecular formula is C26H31N3O5. The van der Waals surface area contributed by atoms with Crippen LogP contribution in [-0.4, -0.2) is 67.8 Å². The largest absolute Gasteiger partial charge is 0.480 e. The molecule has 8 heteroatoms. The first-order chi connectivity index (χ1) is 16.3. The Morgan fingerprint density at radius 2 is 1.65 bits per heavy atom. The molecule has 1 saturated carbocycles. The van der Waals surface area contributed by atoms with Gasteiger partial charge >= 0.3 is 12.1 Å². The molecule has 0 aliphatic heterocycles. The van der Waals surface area contributed by atoms with Gasteiger partial charge in [-0.3, -0.25) is 4.79 Å². The molecule has 180 valence electrons. The highest BCUT2D eigenvalue weighted by Crippen LogP contribution is 2.46. The van der Waals surface area contributed by atoms with E-state index in [1.54, 1.807) is 0 Å². The molecule has 0 bridgehead atoms.